The number of rotatable bonds is 11. The highest BCUT2D eigenvalue weighted by atomic mass is 35.5. The largest absolute Gasteiger partial charge is 0.476 e. The molecule has 0 saturated carbocycles. The number of benzene rings is 1. The van der Waals surface area contributed by atoms with Gasteiger partial charge in [0.15, 0.2) is 29.1 Å². The Morgan fingerprint density at radius 2 is 1.98 bits per heavy atom. The van der Waals surface area contributed by atoms with E-state index in [0.717, 1.165) is 0 Å². The smallest absolute Gasteiger partial charge is 0.475 e. The number of hydrogen-bond donors (Lipinski definition) is 1. The van der Waals surface area contributed by atoms with Crippen LogP contribution in [0.2, 0.25) is 5.02 Å². The first-order valence-corrected chi connectivity index (χ1v) is 16.4. The lowest BCUT2D eigenvalue weighted by Crippen LogP contribution is -2.50. The summed E-state index contributed by atoms with van der Waals surface area (Å²) >= 11 is 6.14. The summed E-state index contributed by atoms with van der Waals surface area (Å²) in [6, 6.07) is 6.99. The molecule has 2 aliphatic heterocycles. The van der Waals surface area contributed by atoms with Crippen LogP contribution in [-0.2, 0) is 41.9 Å². The van der Waals surface area contributed by atoms with Crippen molar-refractivity contribution in [3.05, 3.63) is 41.2 Å². The van der Waals surface area contributed by atoms with Crippen molar-refractivity contribution in [3.8, 4) is 5.88 Å². The lowest BCUT2D eigenvalue weighted by molar-refractivity contribution is -0.187. The molecule has 5 rings (SSSR count). The monoisotopic (exact) mass is 667 g/mol. The molecule has 15 nitrogen and oxygen atoms in total. The summed E-state index contributed by atoms with van der Waals surface area (Å²) in [5.74, 6) is -1.12. The van der Waals surface area contributed by atoms with Crippen molar-refractivity contribution in [3.63, 3.8) is 0 Å². The zero-order chi connectivity index (χ0) is 32.4. The minimum absolute atomic E-state index is 0.0218. The number of nitrogen functional groups attached to an aromatic ring is 1. The zero-order valence-electron chi connectivity index (χ0n) is 25.2. The summed E-state index contributed by atoms with van der Waals surface area (Å²) in [7, 11) is -4.13. The van der Waals surface area contributed by atoms with E-state index in [1.54, 1.807) is 52.0 Å². The number of imidazole rings is 1. The van der Waals surface area contributed by atoms with Crippen LogP contribution >= 0.6 is 19.4 Å². The van der Waals surface area contributed by atoms with Gasteiger partial charge in [0.2, 0.25) is 11.8 Å². The number of phosphoric ester groups is 1. The van der Waals surface area contributed by atoms with Crippen LogP contribution in [0.1, 0.15) is 64.9 Å². The molecular weight excluding hydrogens is 633 g/mol. The second-order valence-electron chi connectivity index (χ2n) is 10.5. The van der Waals surface area contributed by atoms with E-state index in [1.807, 2.05) is 0 Å². The summed E-state index contributed by atoms with van der Waals surface area (Å²) in [6.45, 7) is 6.54. The number of ether oxygens (including phenoxy) is 4. The molecule has 0 bridgehead atoms. The van der Waals surface area contributed by atoms with Crippen LogP contribution in [-0.4, -0.2) is 69.1 Å². The third-order valence-corrected chi connectivity index (χ3v) is 9.02. The Hall–Kier alpha value is -3.33. The molecule has 45 heavy (non-hydrogen) atoms. The van der Waals surface area contributed by atoms with E-state index in [9.17, 15) is 14.2 Å². The molecule has 0 spiro atoms. The fraction of sp³-hybridized carbons (Fsp3) is 0.536. The van der Waals surface area contributed by atoms with Gasteiger partial charge in [-0.25, -0.2) is 9.55 Å². The molecule has 4 heterocycles. The highest BCUT2D eigenvalue weighted by molar-refractivity contribution is 7.48. The molecule has 2 aliphatic rings. The Bertz CT molecular complexity index is 1610. The van der Waals surface area contributed by atoms with Crippen molar-refractivity contribution in [1.82, 2.24) is 19.5 Å². The Morgan fingerprint density at radius 3 is 2.69 bits per heavy atom. The summed E-state index contributed by atoms with van der Waals surface area (Å²) in [4.78, 5) is 38.3. The lowest BCUT2D eigenvalue weighted by Gasteiger charge is -2.34. The van der Waals surface area contributed by atoms with Gasteiger partial charge in [-0.1, -0.05) is 37.6 Å². The minimum atomic E-state index is -4.13. The number of aromatic nitrogens is 4. The molecule has 1 aromatic carbocycles. The topological polar surface area (TPSA) is 185 Å². The molecule has 0 radical (unpaired) electrons. The van der Waals surface area contributed by atoms with Gasteiger partial charge in [0.1, 0.15) is 6.10 Å². The first kappa shape index (κ1) is 33.0. The van der Waals surface area contributed by atoms with Gasteiger partial charge in [-0.15, -0.1) is 0 Å². The molecule has 2 saturated heterocycles. The number of nitrogens with two attached hydrogens (primary N) is 1. The maximum absolute atomic E-state index is 13.6. The highest BCUT2D eigenvalue weighted by Crippen LogP contribution is 2.58. The first-order chi connectivity index (χ1) is 21.5. The molecule has 2 fully saturated rings. The van der Waals surface area contributed by atoms with Crippen LogP contribution in [0.15, 0.2) is 30.6 Å². The van der Waals surface area contributed by atoms with Crippen molar-refractivity contribution < 1.29 is 46.7 Å². The summed E-state index contributed by atoms with van der Waals surface area (Å²) in [5, 5.41) is 0.498. The number of hydrogen-bond acceptors (Lipinski definition) is 14. The van der Waals surface area contributed by atoms with E-state index in [2.05, 4.69) is 15.0 Å². The van der Waals surface area contributed by atoms with Gasteiger partial charge >= 0.3 is 19.8 Å². The molecule has 3 aromatic rings. The summed E-state index contributed by atoms with van der Waals surface area (Å²) < 4.78 is 55.9. The molecule has 17 heteroatoms. The normalized spacial score (nSPS) is 28.2. The molecule has 6 unspecified atom stereocenters. The van der Waals surface area contributed by atoms with Crippen LogP contribution in [0.3, 0.4) is 0 Å². The average Bonchev–Trinajstić information content (AvgIpc) is 3.54. The molecule has 2 aromatic heterocycles. The average molecular weight is 668 g/mol. The number of nitrogens with zero attached hydrogens (tertiary/aromatic N) is 4. The summed E-state index contributed by atoms with van der Waals surface area (Å²) in [5.41, 5.74) is 5.53. The van der Waals surface area contributed by atoms with Gasteiger partial charge in [0, 0.05) is 24.3 Å². The lowest BCUT2D eigenvalue weighted by atomic mass is 9.95. The van der Waals surface area contributed by atoms with Gasteiger partial charge < -0.3 is 24.7 Å². The standard InChI is InChI=1S/C28H35ClN5O10P/c1-5-20(35)42-23-19(14-40-45(37)39-12-11-18(44-45)16-9-8-10-17(29)13-16)41-26(28(23,4)43-21(36)6-2)34-15-31-22-24(34)32-27(30)33-25(22)38-7-3/h8-10,13,15,18-19,23,26H,5-7,11-12,14H2,1-4H3,(H2,30,32,33). The zero-order valence-corrected chi connectivity index (χ0v) is 26.9. The fourth-order valence-electron chi connectivity index (χ4n) is 5.19. The molecule has 6 atom stereocenters. The molecular formula is C28H35ClN5O10P. The van der Waals surface area contributed by atoms with Crippen LogP contribution in [0.5, 0.6) is 5.88 Å². The molecule has 2 N–H and O–H groups in total. The molecule has 244 valence electrons. The van der Waals surface area contributed by atoms with E-state index in [4.69, 9.17) is 49.9 Å². The highest BCUT2D eigenvalue weighted by Gasteiger charge is 2.60. The van der Waals surface area contributed by atoms with Crippen LogP contribution in [0, 0.1) is 0 Å². The first-order valence-electron chi connectivity index (χ1n) is 14.5. The fourth-order valence-corrected chi connectivity index (χ4v) is 6.78. The van der Waals surface area contributed by atoms with Crippen molar-refractivity contribution in [1.29, 1.82) is 0 Å². The van der Waals surface area contributed by atoms with E-state index >= 15 is 0 Å². The predicted octanol–water partition coefficient (Wildman–Crippen LogP) is 4.69. The van der Waals surface area contributed by atoms with E-state index in [1.165, 1.54) is 10.9 Å². The van der Waals surface area contributed by atoms with Gasteiger partial charge in [-0.2, -0.15) is 9.97 Å². The maximum atomic E-state index is 13.6. The van der Waals surface area contributed by atoms with Crippen molar-refractivity contribution >= 4 is 48.5 Å². The number of anilines is 1. The SMILES string of the molecule is CCOc1nc(N)nc2c1ncn2C1OC(COP2(=O)OCCC(c3cccc(Cl)c3)O2)C(OC(=O)CC)C1(C)OC(=O)CC. The Labute approximate surface area is 264 Å². The van der Waals surface area contributed by atoms with E-state index in [0.29, 0.717) is 23.6 Å². The van der Waals surface area contributed by atoms with Crippen LogP contribution < -0.4 is 10.5 Å². The second kappa shape index (κ2) is 13.6. The number of phosphoric acid groups is 1. The molecule has 0 amide bonds. The van der Waals surface area contributed by atoms with Gasteiger partial charge in [-0.3, -0.25) is 27.7 Å². The van der Waals surface area contributed by atoms with Crippen molar-refractivity contribution in [2.75, 3.05) is 25.6 Å². The number of fused-ring (bicyclic) bond motifs is 1. The van der Waals surface area contributed by atoms with Crippen molar-refractivity contribution in [2.45, 2.75) is 77.1 Å². The third-order valence-electron chi connectivity index (χ3n) is 7.31. The Kier molecular flexibility index (Phi) is 9.97. The van der Waals surface area contributed by atoms with Gasteiger partial charge in [0.05, 0.1) is 32.3 Å². The van der Waals surface area contributed by atoms with Crippen molar-refractivity contribution in [2.24, 2.45) is 0 Å². The van der Waals surface area contributed by atoms with Crippen LogP contribution in [0.25, 0.3) is 11.2 Å². The predicted molar refractivity (Wildman–Crippen MR) is 159 cm³/mol. The number of halogens is 1. The number of carbonyl (C=O) groups is 2. The third kappa shape index (κ3) is 6.93. The Morgan fingerprint density at radius 1 is 1.20 bits per heavy atom. The number of esters is 2. The minimum Gasteiger partial charge on any atom is -0.476 e. The maximum Gasteiger partial charge on any atom is 0.475 e. The van der Waals surface area contributed by atoms with Gasteiger partial charge in [0.25, 0.3) is 0 Å². The van der Waals surface area contributed by atoms with Gasteiger partial charge in [-0.05, 0) is 31.5 Å². The number of carbonyl (C=O) groups excluding carboxylic acids is 2. The van der Waals surface area contributed by atoms with Crippen LogP contribution in [0.4, 0.5) is 5.95 Å². The quantitative estimate of drug-likeness (QED) is 0.219. The van der Waals surface area contributed by atoms with E-state index in [-0.39, 0.29) is 42.4 Å². The second-order valence-corrected chi connectivity index (χ2v) is 12.5. The van der Waals surface area contributed by atoms with E-state index < -0.39 is 56.5 Å². The summed E-state index contributed by atoms with van der Waals surface area (Å²) in [6.07, 6.45) is -2.26. The molecule has 0 aliphatic carbocycles. The Balaban J connectivity index is 1.48.